The van der Waals surface area contributed by atoms with Crippen molar-refractivity contribution in [3.05, 3.63) is 28.8 Å². The van der Waals surface area contributed by atoms with Gasteiger partial charge in [0.05, 0.1) is 11.5 Å². The van der Waals surface area contributed by atoms with Crippen LogP contribution in [0.3, 0.4) is 0 Å². The Labute approximate surface area is 149 Å². The molecule has 2 saturated heterocycles. The summed E-state index contributed by atoms with van der Waals surface area (Å²) in [6.45, 7) is 8.98. The molecule has 7 heteroatoms. The lowest BCUT2D eigenvalue weighted by Crippen LogP contribution is -2.55. The Morgan fingerprint density at radius 3 is 2.16 bits per heavy atom. The lowest BCUT2D eigenvalue weighted by molar-refractivity contribution is -0.137. The summed E-state index contributed by atoms with van der Waals surface area (Å²) < 4.78 is 34.4. The standard InChI is InChI=1S/C18H26N2O4S/c1-13-11-14(2)17(15(3)12-13)25(22,23)20-9-10-24-18(20)5-7-19(8-6-18)16(4)21/h11-12H,5-10H2,1-4H3. The average molecular weight is 366 g/mol. The molecule has 0 radical (unpaired) electrons. The topological polar surface area (TPSA) is 66.9 Å². The highest BCUT2D eigenvalue weighted by Gasteiger charge is 2.51. The molecule has 1 aromatic rings. The van der Waals surface area contributed by atoms with E-state index in [1.807, 2.05) is 32.9 Å². The molecule has 0 saturated carbocycles. The van der Waals surface area contributed by atoms with Crippen molar-refractivity contribution in [2.75, 3.05) is 26.2 Å². The SMILES string of the molecule is CC(=O)N1CCC2(CC1)OCCN2S(=O)(=O)c1c(C)cc(C)cc1C. The second kappa shape index (κ2) is 6.37. The molecule has 1 aromatic carbocycles. The fourth-order valence-corrected chi connectivity index (χ4v) is 6.32. The summed E-state index contributed by atoms with van der Waals surface area (Å²) in [7, 11) is -3.66. The summed E-state index contributed by atoms with van der Waals surface area (Å²) in [5, 5.41) is 0. The van der Waals surface area contributed by atoms with Crippen molar-refractivity contribution in [2.24, 2.45) is 0 Å². The maximum Gasteiger partial charge on any atom is 0.246 e. The first kappa shape index (κ1) is 18.4. The number of benzene rings is 1. The molecule has 2 heterocycles. The van der Waals surface area contributed by atoms with Crippen molar-refractivity contribution in [2.45, 2.75) is 51.2 Å². The largest absolute Gasteiger partial charge is 0.358 e. The summed E-state index contributed by atoms with van der Waals surface area (Å²) in [5.41, 5.74) is 1.76. The van der Waals surface area contributed by atoms with Gasteiger partial charge in [-0.1, -0.05) is 17.7 Å². The molecule has 0 atom stereocenters. The van der Waals surface area contributed by atoms with Gasteiger partial charge >= 0.3 is 0 Å². The van der Waals surface area contributed by atoms with E-state index < -0.39 is 15.7 Å². The summed E-state index contributed by atoms with van der Waals surface area (Å²) in [6.07, 6.45) is 1.02. The Hall–Kier alpha value is -1.44. The van der Waals surface area contributed by atoms with Crippen LogP contribution < -0.4 is 0 Å². The lowest BCUT2D eigenvalue weighted by Gasteiger charge is -2.42. The number of piperidine rings is 1. The van der Waals surface area contributed by atoms with Crippen molar-refractivity contribution in [1.82, 2.24) is 9.21 Å². The summed E-state index contributed by atoms with van der Waals surface area (Å²) in [4.78, 5) is 13.7. The van der Waals surface area contributed by atoms with Crippen LogP contribution in [-0.2, 0) is 19.6 Å². The molecule has 2 fully saturated rings. The zero-order valence-corrected chi connectivity index (χ0v) is 16.1. The fraction of sp³-hybridized carbons (Fsp3) is 0.611. The summed E-state index contributed by atoms with van der Waals surface area (Å²) in [6, 6.07) is 3.81. The van der Waals surface area contributed by atoms with Gasteiger partial charge in [-0.3, -0.25) is 4.79 Å². The normalized spacial score (nSPS) is 21.0. The molecular weight excluding hydrogens is 340 g/mol. The minimum atomic E-state index is -3.66. The Kier molecular flexibility index (Phi) is 4.68. The van der Waals surface area contributed by atoms with Crippen molar-refractivity contribution < 1.29 is 17.9 Å². The molecule has 0 aliphatic carbocycles. The number of ether oxygens (including phenoxy) is 1. The third kappa shape index (κ3) is 3.09. The minimum Gasteiger partial charge on any atom is -0.358 e. The first-order valence-corrected chi connectivity index (χ1v) is 10.1. The van der Waals surface area contributed by atoms with Crippen LogP contribution in [-0.4, -0.2) is 55.5 Å². The first-order chi connectivity index (χ1) is 11.7. The van der Waals surface area contributed by atoms with Gasteiger partial charge in [0, 0.05) is 39.4 Å². The Bertz CT molecular complexity index is 772. The molecule has 0 N–H and O–H groups in total. The number of nitrogens with zero attached hydrogens (tertiary/aromatic N) is 2. The zero-order valence-electron chi connectivity index (χ0n) is 15.3. The number of carbonyl (C=O) groups excluding carboxylic acids is 1. The second-order valence-corrected chi connectivity index (χ2v) is 8.90. The van der Waals surface area contributed by atoms with Gasteiger partial charge in [0.25, 0.3) is 0 Å². The van der Waals surface area contributed by atoms with Gasteiger partial charge in [-0.2, -0.15) is 4.31 Å². The Balaban J connectivity index is 1.96. The van der Waals surface area contributed by atoms with Crippen LogP contribution in [0.4, 0.5) is 0 Å². The summed E-state index contributed by atoms with van der Waals surface area (Å²) in [5.74, 6) is 0.0208. The number of rotatable bonds is 2. The average Bonchev–Trinajstić information content (AvgIpc) is 2.90. The molecular formula is C18H26N2O4S. The molecule has 1 amide bonds. The highest BCUT2D eigenvalue weighted by atomic mass is 32.2. The molecule has 0 bridgehead atoms. The van der Waals surface area contributed by atoms with E-state index in [1.165, 1.54) is 4.31 Å². The van der Waals surface area contributed by atoms with Crippen LogP contribution in [0.2, 0.25) is 0 Å². The molecule has 6 nitrogen and oxygen atoms in total. The van der Waals surface area contributed by atoms with E-state index in [9.17, 15) is 13.2 Å². The van der Waals surface area contributed by atoms with E-state index in [2.05, 4.69) is 0 Å². The number of hydrogen-bond donors (Lipinski definition) is 0. The summed E-state index contributed by atoms with van der Waals surface area (Å²) >= 11 is 0. The molecule has 2 aliphatic heterocycles. The Morgan fingerprint density at radius 1 is 1.08 bits per heavy atom. The monoisotopic (exact) mass is 366 g/mol. The fourth-order valence-electron chi connectivity index (χ4n) is 4.18. The van der Waals surface area contributed by atoms with Gasteiger partial charge in [0.2, 0.25) is 15.9 Å². The number of hydrogen-bond acceptors (Lipinski definition) is 4. The van der Waals surface area contributed by atoms with Crippen molar-refractivity contribution in [1.29, 1.82) is 0 Å². The minimum absolute atomic E-state index is 0.0208. The van der Waals surface area contributed by atoms with E-state index in [-0.39, 0.29) is 5.91 Å². The van der Waals surface area contributed by atoms with Crippen LogP contribution in [0.1, 0.15) is 36.5 Å². The van der Waals surface area contributed by atoms with E-state index in [0.717, 1.165) is 16.7 Å². The quantitative estimate of drug-likeness (QED) is 0.803. The van der Waals surface area contributed by atoms with E-state index >= 15 is 0 Å². The molecule has 0 aromatic heterocycles. The number of sulfonamides is 1. The van der Waals surface area contributed by atoms with Crippen LogP contribution in [0, 0.1) is 20.8 Å². The number of carbonyl (C=O) groups is 1. The van der Waals surface area contributed by atoms with Crippen molar-refractivity contribution in [3.8, 4) is 0 Å². The van der Waals surface area contributed by atoms with Gasteiger partial charge in [-0.15, -0.1) is 0 Å². The maximum absolute atomic E-state index is 13.4. The van der Waals surface area contributed by atoms with Gasteiger partial charge in [0.15, 0.2) is 0 Å². The molecule has 0 unspecified atom stereocenters. The molecule has 138 valence electrons. The Morgan fingerprint density at radius 2 is 1.64 bits per heavy atom. The third-order valence-electron chi connectivity index (χ3n) is 5.26. The lowest BCUT2D eigenvalue weighted by atomic mass is 10.0. The van der Waals surface area contributed by atoms with Crippen LogP contribution in [0.5, 0.6) is 0 Å². The van der Waals surface area contributed by atoms with Gasteiger partial charge in [-0.25, -0.2) is 8.42 Å². The van der Waals surface area contributed by atoms with E-state index in [0.29, 0.717) is 44.0 Å². The smallest absolute Gasteiger partial charge is 0.246 e. The van der Waals surface area contributed by atoms with Gasteiger partial charge < -0.3 is 9.64 Å². The highest BCUT2D eigenvalue weighted by molar-refractivity contribution is 7.89. The second-order valence-electron chi connectivity index (χ2n) is 7.11. The van der Waals surface area contributed by atoms with Crippen LogP contribution in [0.15, 0.2) is 17.0 Å². The van der Waals surface area contributed by atoms with Gasteiger partial charge in [0.1, 0.15) is 5.72 Å². The van der Waals surface area contributed by atoms with E-state index in [4.69, 9.17) is 4.74 Å². The predicted octanol–water partition coefficient (Wildman–Crippen LogP) is 1.97. The molecule has 25 heavy (non-hydrogen) atoms. The van der Waals surface area contributed by atoms with Crippen molar-refractivity contribution >= 4 is 15.9 Å². The molecule has 1 spiro atoms. The van der Waals surface area contributed by atoms with Gasteiger partial charge in [-0.05, 0) is 31.9 Å². The molecule has 2 aliphatic rings. The highest BCUT2D eigenvalue weighted by Crippen LogP contribution is 2.39. The van der Waals surface area contributed by atoms with Crippen molar-refractivity contribution in [3.63, 3.8) is 0 Å². The number of likely N-dealkylation sites (tertiary alicyclic amines) is 1. The number of aryl methyl sites for hydroxylation is 3. The maximum atomic E-state index is 13.4. The predicted molar refractivity (Wildman–Crippen MR) is 94.7 cm³/mol. The van der Waals surface area contributed by atoms with E-state index in [1.54, 1.807) is 11.8 Å². The zero-order chi connectivity index (χ0) is 18.4. The van der Waals surface area contributed by atoms with Crippen LogP contribution in [0.25, 0.3) is 0 Å². The number of amides is 1. The molecule has 3 rings (SSSR count). The first-order valence-electron chi connectivity index (χ1n) is 8.67. The third-order valence-corrected chi connectivity index (χ3v) is 7.52. The van der Waals surface area contributed by atoms with Crippen LogP contribution >= 0.6 is 0 Å².